The summed E-state index contributed by atoms with van der Waals surface area (Å²) in [5.74, 6) is -0.750. The van der Waals surface area contributed by atoms with E-state index in [9.17, 15) is 9.70 Å². The minimum absolute atomic E-state index is 0.220. The fourth-order valence-corrected chi connectivity index (χ4v) is 1.68. The Labute approximate surface area is 105 Å². The minimum atomic E-state index is -0.970. The number of aromatic nitrogens is 2. The molecule has 1 heterocycles. The van der Waals surface area contributed by atoms with Gasteiger partial charge in [0.2, 0.25) is 0 Å². The van der Waals surface area contributed by atoms with Crippen molar-refractivity contribution in [2.24, 2.45) is 11.1 Å². The second-order valence-corrected chi connectivity index (χ2v) is 4.59. The van der Waals surface area contributed by atoms with Gasteiger partial charge in [-0.1, -0.05) is 19.0 Å². The van der Waals surface area contributed by atoms with E-state index in [1.807, 2.05) is 13.8 Å². The fraction of sp³-hybridized carbons (Fsp3) is 0.636. The van der Waals surface area contributed by atoms with Crippen LogP contribution >= 0.6 is 0 Å². The second-order valence-electron chi connectivity index (χ2n) is 4.59. The summed E-state index contributed by atoms with van der Waals surface area (Å²) in [6.45, 7) is 3.85. The number of hydrogen-bond donors (Lipinski definition) is 3. The molecule has 0 aromatic carbocycles. The fourth-order valence-electron chi connectivity index (χ4n) is 1.68. The van der Waals surface area contributed by atoms with Crippen LogP contribution in [0.4, 0.5) is 0 Å². The maximum absolute atomic E-state index is 11.1. The van der Waals surface area contributed by atoms with Gasteiger partial charge < -0.3 is 10.1 Å². The summed E-state index contributed by atoms with van der Waals surface area (Å²) in [4.78, 5) is 28.5. The number of imidazole rings is 1. The van der Waals surface area contributed by atoms with Gasteiger partial charge in [-0.15, -0.1) is 4.91 Å². The average molecular weight is 254 g/mol. The van der Waals surface area contributed by atoms with E-state index in [2.05, 4.69) is 20.5 Å². The summed E-state index contributed by atoms with van der Waals surface area (Å²) in [5, 5.41) is 14.7. The van der Waals surface area contributed by atoms with Crippen LogP contribution in [0.2, 0.25) is 0 Å². The molecule has 0 fully saturated rings. The average Bonchev–Trinajstić information content (AvgIpc) is 2.79. The highest BCUT2D eigenvalue weighted by molar-refractivity contribution is 5.73. The molecule has 0 saturated heterocycles. The van der Waals surface area contributed by atoms with Crippen LogP contribution in [0.25, 0.3) is 0 Å². The Hall–Kier alpha value is -1.76. The summed E-state index contributed by atoms with van der Waals surface area (Å²) in [7, 11) is 0. The number of nitrogens with zero attached hydrogens (tertiary/aromatic N) is 2. The van der Waals surface area contributed by atoms with Crippen LogP contribution in [0, 0.1) is 10.8 Å². The van der Waals surface area contributed by atoms with E-state index in [1.165, 1.54) is 6.33 Å². The monoisotopic (exact) mass is 254 g/mol. The molecule has 0 aliphatic rings. The van der Waals surface area contributed by atoms with Crippen molar-refractivity contribution >= 4 is 5.97 Å². The molecule has 3 N–H and O–H groups in total. The third-order valence-electron chi connectivity index (χ3n) is 2.49. The molecule has 0 spiro atoms. The molecule has 1 unspecified atom stereocenters. The van der Waals surface area contributed by atoms with Crippen LogP contribution in [0.5, 0.6) is 0 Å². The van der Waals surface area contributed by atoms with E-state index in [0.29, 0.717) is 12.8 Å². The van der Waals surface area contributed by atoms with Crippen molar-refractivity contribution in [2.75, 3.05) is 0 Å². The van der Waals surface area contributed by atoms with Gasteiger partial charge in [0.25, 0.3) is 0 Å². The molecule has 0 saturated carbocycles. The van der Waals surface area contributed by atoms with E-state index in [4.69, 9.17) is 5.11 Å². The number of carboxylic acid groups (broad SMARTS) is 1. The van der Waals surface area contributed by atoms with Crippen LogP contribution in [-0.2, 0) is 11.2 Å². The number of nitroso groups, excluding NO2 is 1. The Balaban J connectivity index is 2.59. The molecule has 0 amide bonds. The number of aliphatic carboxylic acids is 1. The highest BCUT2D eigenvalue weighted by atomic mass is 16.4. The lowest BCUT2D eigenvalue weighted by atomic mass is 10.0. The number of H-pyrrole nitrogens is 1. The predicted molar refractivity (Wildman–Crippen MR) is 65.9 cm³/mol. The maximum Gasteiger partial charge on any atom is 0.320 e. The molecule has 1 rings (SSSR count). The van der Waals surface area contributed by atoms with Crippen molar-refractivity contribution in [3.05, 3.63) is 23.1 Å². The van der Waals surface area contributed by atoms with Crippen molar-refractivity contribution in [1.29, 1.82) is 0 Å². The Morgan fingerprint density at radius 2 is 2.33 bits per heavy atom. The number of aromatic amines is 1. The Bertz CT molecular complexity index is 378. The van der Waals surface area contributed by atoms with E-state index >= 15 is 0 Å². The molecule has 0 aliphatic carbocycles. The van der Waals surface area contributed by atoms with Gasteiger partial charge in [-0.2, -0.15) is 0 Å². The zero-order chi connectivity index (χ0) is 13.5. The zero-order valence-corrected chi connectivity index (χ0v) is 10.5. The van der Waals surface area contributed by atoms with Gasteiger partial charge in [0.15, 0.2) is 0 Å². The number of nitrogens with one attached hydrogen (secondary N) is 2. The first-order valence-electron chi connectivity index (χ1n) is 5.81. The Morgan fingerprint density at radius 3 is 2.78 bits per heavy atom. The lowest BCUT2D eigenvalue weighted by Crippen LogP contribution is -2.44. The van der Waals surface area contributed by atoms with Crippen molar-refractivity contribution in [3.8, 4) is 0 Å². The number of hydrogen-bond acceptors (Lipinski definition) is 5. The number of carbonyl (C=O) groups is 1. The van der Waals surface area contributed by atoms with Gasteiger partial charge in [-0.3, -0.25) is 10.1 Å². The standard InChI is InChI=1S/C11H18N4O3/c1-7(2)3-9(11(16)17)14-10(15-18)4-8-5-12-6-13-8/h5-7,9-10,14H,3-4H2,1-2H3,(H,12,13)(H,16,17)/t9-,10?/m0/s1. The van der Waals surface area contributed by atoms with Gasteiger partial charge >= 0.3 is 5.97 Å². The zero-order valence-electron chi connectivity index (χ0n) is 10.5. The van der Waals surface area contributed by atoms with Crippen molar-refractivity contribution in [3.63, 3.8) is 0 Å². The summed E-state index contributed by atoms with van der Waals surface area (Å²) < 4.78 is 0. The first kappa shape index (κ1) is 14.3. The van der Waals surface area contributed by atoms with Crippen molar-refractivity contribution < 1.29 is 9.90 Å². The molecule has 2 atom stereocenters. The molecule has 7 heteroatoms. The van der Waals surface area contributed by atoms with Crippen LogP contribution in [0.15, 0.2) is 17.7 Å². The molecule has 100 valence electrons. The highest BCUT2D eigenvalue weighted by Crippen LogP contribution is 2.08. The van der Waals surface area contributed by atoms with Gasteiger partial charge in [0.1, 0.15) is 12.2 Å². The second kappa shape index (κ2) is 6.85. The van der Waals surface area contributed by atoms with E-state index in [1.54, 1.807) is 6.20 Å². The molecular weight excluding hydrogens is 236 g/mol. The van der Waals surface area contributed by atoms with Gasteiger partial charge in [0, 0.05) is 18.3 Å². The molecule has 18 heavy (non-hydrogen) atoms. The predicted octanol–water partition coefficient (Wildman–Crippen LogP) is 1.13. The lowest BCUT2D eigenvalue weighted by Gasteiger charge is -2.19. The first-order chi connectivity index (χ1) is 8.52. The van der Waals surface area contributed by atoms with Crippen molar-refractivity contribution in [1.82, 2.24) is 15.3 Å². The molecule has 7 nitrogen and oxygen atoms in total. The van der Waals surface area contributed by atoms with Crippen LogP contribution in [0.1, 0.15) is 26.0 Å². The molecule has 1 aromatic rings. The highest BCUT2D eigenvalue weighted by Gasteiger charge is 2.23. The molecule has 0 aliphatic heterocycles. The molecular formula is C11H18N4O3. The largest absolute Gasteiger partial charge is 0.480 e. The smallest absolute Gasteiger partial charge is 0.320 e. The van der Waals surface area contributed by atoms with Crippen LogP contribution in [-0.4, -0.2) is 33.3 Å². The van der Waals surface area contributed by atoms with Crippen LogP contribution in [0.3, 0.4) is 0 Å². The maximum atomic E-state index is 11.1. The summed E-state index contributed by atoms with van der Waals surface area (Å²) >= 11 is 0. The normalized spacial score (nSPS) is 14.4. The van der Waals surface area contributed by atoms with E-state index in [0.717, 1.165) is 5.69 Å². The summed E-state index contributed by atoms with van der Waals surface area (Å²) in [6, 6.07) is -0.768. The van der Waals surface area contributed by atoms with Gasteiger partial charge in [0.05, 0.1) is 6.33 Å². The SMILES string of the molecule is CC(C)C[C@H](NC(Cc1cnc[nH]1)N=O)C(=O)O. The summed E-state index contributed by atoms with van der Waals surface area (Å²) in [6.07, 6.45) is 3.05. The third-order valence-corrected chi connectivity index (χ3v) is 2.49. The topological polar surface area (TPSA) is 107 Å². The Kier molecular flexibility index (Phi) is 5.44. The van der Waals surface area contributed by atoms with Gasteiger partial charge in [-0.05, 0) is 12.3 Å². The summed E-state index contributed by atoms with van der Waals surface area (Å²) in [5.41, 5.74) is 0.737. The van der Waals surface area contributed by atoms with E-state index in [-0.39, 0.29) is 5.92 Å². The van der Waals surface area contributed by atoms with E-state index < -0.39 is 18.2 Å². The third kappa shape index (κ3) is 4.62. The molecule has 0 bridgehead atoms. The lowest BCUT2D eigenvalue weighted by molar-refractivity contribution is -0.140. The van der Waals surface area contributed by atoms with Crippen molar-refractivity contribution in [2.45, 2.75) is 38.9 Å². The van der Waals surface area contributed by atoms with Crippen LogP contribution < -0.4 is 5.32 Å². The first-order valence-corrected chi connectivity index (χ1v) is 5.81. The quantitative estimate of drug-likeness (QED) is 0.603. The number of rotatable bonds is 8. The van der Waals surface area contributed by atoms with Gasteiger partial charge in [-0.25, -0.2) is 4.98 Å². The molecule has 0 radical (unpaired) electrons. The Morgan fingerprint density at radius 1 is 1.61 bits per heavy atom. The molecule has 1 aromatic heterocycles. The minimum Gasteiger partial charge on any atom is -0.480 e. The number of carboxylic acids is 1.